The molecule has 0 atom stereocenters. The van der Waals surface area contributed by atoms with Gasteiger partial charge in [0.1, 0.15) is 6.61 Å². The molecule has 0 saturated carbocycles. The third-order valence-corrected chi connectivity index (χ3v) is 5.21. The number of hydrogen-bond donors (Lipinski definition) is 1. The van der Waals surface area contributed by atoms with E-state index in [1.807, 2.05) is 25.1 Å². The minimum Gasteiger partial charge on any atom is -0.468 e. The van der Waals surface area contributed by atoms with Crippen molar-refractivity contribution in [2.24, 2.45) is 11.1 Å². The molecule has 7 heteroatoms. The van der Waals surface area contributed by atoms with Crippen molar-refractivity contribution < 1.29 is 19.1 Å². The van der Waals surface area contributed by atoms with Gasteiger partial charge in [0, 0.05) is 37.6 Å². The first-order chi connectivity index (χ1) is 15.1. The molecule has 0 radical (unpaired) electrons. The molecular formula is C24H31N3O4. The van der Waals surface area contributed by atoms with Gasteiger partial charge >= 0.3 is 0 Å². The third kappa shape index (κ3) is 7.68. The fourth-order valence-electron chi connectivity index (χ4n) is 3.23. The monoisotopic (exact) mass is 425 g/mol. The summed E-state index contributed by atoms with van der Waals surface area (Å²) in [7, 11) is 0. The molecule has 0 aliphatic carbocycles. The molecule has 1 fully saturated rings. The van der Waals surface area contributed by atoms with Gasteiger partial charge in [-0.1, -0.05) is 41.9 Å². The molecular weight excluding hydrogens is 394 g/mol. The molecule has 1 saturated heterocycles. The topological polar surface area (TPSA) is 82.0 Å². The van der Waals surface area contributed by atoms with Crippen LogP contribution in [-0.4, -0.2) is 43.0 Å². The zero-order valence-corrected chi connectivity index (χ0v) is 18.3. The Balaban J connectivity index is 1.43. The lowest BCUT2D eigenvalue weighted by Crippen LogP contribution is -2.35. The first-order valence-corrected chi connectivity index (χ1v) is 10.8. The van der Waals surface area contributed by atoms with E-state index in [1.165, 1.54) is 5.56 Å². The summed E-state index contributed by atoms with van der Waals surface area (Å²) in [5, 5.41) is 7.18. The summed E-state index contributed by atoms with van der Waals surface area (Å²) in [5.74, 6) is 0.744. The van der Waals surface area contributed by atoms with Crippen molar-refractivity contribution in [2.45, 2.75) is 39.7 Å². The van der Waals surface area contributed by atoms with Crippen LogP contribution in [0, 0.1) is 12.8 Å². The number of amides is 1. The van der Waals surface area contributed by atoms with Crippen molar-refractivity contribution in [1.82, 2.24) is 10.3 Å². The zero-order chi connectivity index (χ0) is 21.9. The van der Waals surface area contributed by atoms with Crippen LogP contribution < -0.4 is 10.1 Å². The van der Waals surface area contributed by atoms with Gasteiger partial charge in [-0.05, 0) is 43.7 Å². The van der Waals surface area contributed by atoms with Gasteiger partial charge in [-0.15, -0.1) is 0 Å². The number of nitrogens with one attached hydrogen (secondary N) is 1. The van der Waals surface area contributed by atoms with Gasteiger partial charge in [0.2, 0.25) is 5.88 Å². The lowest BCUT2D eigenvalue weighted by atomic mass is 10.0. The van der Waals surface area contributed by atoms with Crippen LogP contribution in [0.1, 0.15) is 42.9 Å². The summed E-state index contributed by atoms with van der Waals surface area (Å²) >= 11 is 0. The van der Waals surface area contributed by atoms with E-state index in [1.54, 1.807) is 12.3 Å². The number of carbonyl (C=O) groups is 1. The number of nitrogens with zero attached hydrogens (tertiary/aromatic N) is 2. The van der Waals surface area contributed by atoms with Crippen LogP contribution in [0.15, 0.2) is 47.8 Å². The summed E-state index contributed by atoms with van der Waals surface area (Å²) in [6.45, 7) is 6.64. The Kier molecular flexibility index (Phi) is 8.84. The third-order valence-electron chi connectivity index (χ3n) is 5.21. The maximum Gasteiger partial charge on any atom is 0.258 e. The van der Waals surface area contributed by atoms with E-state index in [4.69, 9.17) is 14.3 Å². The Bertz CT molecular complexity index is 844. The molecule has 1 aliphatic rings. The second-order valence-corrected chi connectivity index (χ2v) is 7.68. The molecule has 1 aromatic heterocycles. The Morgan fingerprint density at radius 3 is 2.65 bits per heavy atom. The second kappa shape index (κ2) is 12.1. The van der Waals surface area contributed by atoms with Gasteiger partial charge in [-0.3, -0.25) is 4.79 Å². The van der Waals surface area contributed by atoms with E-state index >= 15 is 0 Å². The molecule has 3 rings (SSSR count). The number of aromatic nitrogens is 1. The number of pyridine rings is 1. The van der Waals surface area contributed by atoms with Gasteiger partial charge in [0.25, 0.3) is 5.91 Å². The van der Waals surface area contributed by atoms with Gasteiger partial charge in [-0.2, -0.15) is 0 Å². The highest BCUT2D eigenvalue weighted by Gasteiger charge is 2.15. The lowest BCUT2D eigenvalue weighted by Gasteiger charge is -2.22. The summed E-state index contributed by atoms with van der Waals surface area (Å²) in [6, 6.07) is 11.8. The summed E-state index contributed by atoms with van der Waals surface area (Å²) in [5.41, 5.74) is 3.96. The molecule has 31 heavy (non-hydrogen) atoms. The van der Waals surface area contributed by atoms with Crippen molar-refractivity contribution in [1.29, 1.82) is 0 Å². The summed E-state index contributed by atoms with van der Waals surface area (Å²) < 4.78 is 10.8. The van der Waals surface area contributed by atoms with Crippen LogP contribution in [0.3, 0.4) is 0 Å². The van der Waals surface area contributed by atoms with Crippen molar-refractivity contribution in [3.63, 3.8) is 0 Å². The molecule has 0 unspecified atom stereocenters. The lowest BCUT2D eigenvalue weighted by molar-refractivity contribution is -0.123. The molecule has 1 aromatic carbocycles. The SMILES string of the molecule is CCC(=NOCc1ccc(C)cc1)c1ccc(OCC(=O)NCC2CCOCC2)nc1. The highest BCUT2D eigenvalue weighted by molar-refractivity contribution is 5.99. The first kappa shape index (κ1) is 22.7. The van der Waals surface area contributed by atoms with Gasteiger partial charge in [0.05, 0.1) is 5.71 Å². The quantitative estimate of drug-likeness (QED) is 0.464. The fourth-order valence-corrected chi connectivity index (χ4v) is 3.23. The standard InChI is InChI=1S/C24H31N3O4/c1-3-22(27-31-16-20-6-4-18(2)5-7-20)21-8-9-24(26-15-21)30-17-23(28)25-14-19-10-12-29-13-11-19/h4-9,15,19H,3,10-14,16-17H2,1-2H3,(H,25,28). The largest absolute Gasteiger partial charge is 0.468 e. The van der Waals surface area contributed by atoms with Crippen LogP contribution >= 0.6 is 0 Å². The number of ether oxygens (including phenoxy) is 2. The molecule has 1 N–H and O–H groups in total. The van der Waals surface area contributed by atoms with Crippen molar-refractivity contribution in [2.75, 3.05) is 26.4 Å². The van der Waals surface area contributed by atoms with Crippen LogP contribution in [0.25, 0.3) is 0 Å². The number of oxime groups is 1. The Labute approximate surface area is 183 Å². The minimum atomic E-state index is -0.141. The van der Waals surface area contributed by atoms with E-state index in [-0.39, 0.29) is 12.5 Å². The van der Waals surface area contributed by atoms with E-state index in [0.717, 1.165) is 42.9 Å². The molecule has 1 amide bonds. The summed E-state index contributed by atoms with van der Waals surface area (Å²) in [4.78, 5) is 21.8. The molecule has 1 aliphatic heterocycles. The fraction of sp³-hybridized carbons (Fsp3) is 0.458. The van der Waals surface area contributed by atoms with E-state index in [2.05, 4.69) is 34.5 Å². The number of benzene rings is 1. The van der Waals surface area contributed by atoms with Gasteiger partial charge < -0.3 is 19.6 Å². The highest BCUT2D eigenvalue weighted by Crippen LogP contribution is 2.14. The van der Waals surface area contributed by atoms with E-state index in [0.29, 0.717) is 31.4 Å². The molecule has 7 nitrogen and oxygen atoms in total. The van der Waals surface area contributed by atoms with E-state index in [9.17, 15) is 4.79 Å². The predicted molar refractivity (Wildman–Crippen MR) is 119 cm³/mol. The average molecular weight is 426 g/mol. The van der Waals surface area contributed by atoms with Gasteiger partial charge in [-0.25, -0.2) is 4.98 Å². The normalized spacial score (nSPS) is 14.8. The van der Waals surface area contributed by atoms with Gasteiger partial charge in [0.15, 0.2) is 6.61 Å². The Morgan fingerprint density at radius 1 is 1.19 bits per heavy atom. The smallest absolute Gasteiger partial charge is 0.258 e. The maximum absolute atomic E-state index is 12.0. The Morgan fingerprint density at radius 2 is 1.97 bits per heavy atom. The average Bonchev–Trinajstić information content (AvgIpc) is 2.81. The molecule has 166 valence electrons. The first-order valence-electron chi connectivity index (χ1n) is 10.8. The van der Waals surface area contributed by atoms with E-state index < -0.39 is 0 Å². The minimum absolute atomic E-state index is 0.0516. The molecule has 2 aromatic rings. The molecule has 2 heterocycles. The second-order valence-electron chi connectivity index (χ2n) is 7.68. The van der Waals surface area contributed by atoms with Crippen LogP contribution in [0.4, 0.5) is 0 Å². The zero-order valence-electron chi connectivity index (χ0n) is 18.3. The van der Waals surface area contributed by atoms with Crippen LogP contribution in [0.2, 0.25) is 0 Å². The summed E-state index contributed by atoms with van der Waals surface area (Å²) in [6.07, 6.45) is 4.37. The van der Waals surface area contributed by atoms with Crippen LogP contribution in [-0.2, 0) is 21.0 Å². The maximum atomic E-state index is 12.0. The number of aryl methyl sites for hydroxylation is 1. The predicted octanol–water partition coefficient (Wildman–Crippen LogP) is 3.64. The van der Waals surface area contributed by atoms with Crippen molar-refractivity contribution in [3.05, 3.63) is 59.3 Å². The number of carbonyl (C=O) groups excluding carboxylic acids is 1. The van der Waals surface area contributed by atoms with Crippen LogP contribution in [0.5, 0.6) is 5.88 Å². The molecule has 0 spiro atoms. The molecule has 0 bridgehead atoms. The Hall–Kier alpha value is -2.93. The highest BCUT2D eigenvalue weighted by atomic mass is 16.6. The van der Waals surface area contributed by atoms with Crippen molar-refractivity contribution >= 4 is 11.6 Å². The number of rotatable bonds is 10. The van der Waals surface area contributed by atoms with Crippen molar-refractivity contribution in [3.8, 4) is 5.88 Å². The number of hydrogen-bond acceptors (Lipinski definition) is 6.